The molecule has 7 heteroatoms. The Morgan fingerprint density at radius 2 is 2.12 bits per heavy atom. The number of hydrogen-bond acceptors (Lipinski definition) is 4. The molecular formula is C17H19ClN4O2. The van der Waals surface area contributed by atoms with Gasteiger partial charge in [0.05, 0.1) is 0 Å². The van der Waals surface area contributed by atoms with Crippen LogP contribution < -0.4 is 10.9 Å². The van der Waals surface area contributed by atoms with Crippen molar-refractivity contribution in [2.24, 2.45) is 5.92 Å². The molecule has 0 bridgehead atoms. The zero-order valence-electron chi connectivity index (χ0n) is 13.5. The molecular weight excluding hydrogens is 328 g/mol. The summed E-state index contributed by atoms with van der Waals surface area (Å²) in [6, 6.07) is 1.77. The highest BCUT2D eigenvalue weighted by atomic mass is 35.5. The number of nitrogens with zero attached hydrogens (tertiary/aromatic N) is 3. The first-order chi connectivity index (χ1) is 11.5. The van der Waals surface area contributed by atoms with Gasteiger partial charge in [0.15, 0.2) is 0 Å². The molecule has 2 heterocycles. The molecule has 0 spiro atoms. The lowest BCUT2D eigenvalue weighted by Crippen LogP contribution is -2.34. The third-order valence-corrected chi connectivity index (χ3v) is 5.22. The maximum atomic E-state index is 12.6. The molecule has 2 aliphatic carbocycles. The van der Waals surface area contributed by atoms with Crippen molar-refractivity contribution in [3.63, 3.8) is 0 Å². The van der Waals surface area contributed by atoms with Crippen LogP contribution in [0.5, 0.6) is 0 Å². The van der Waals surface area contributed by atoms with Crippen molar-refractivity contribution in [2.75, 3.05) is 0 Å². The number of fused-ring (bicyclic) bond motifs is 1. The molecule has 2 atom stereocenters. The monoisotopic (exact) mass is 346 g/mol. The van der Waals surface area contributed by atoms with Crippen LogP contribution in [0.2, 0.25) is 5.28 Å². The number of aromatic nitrogens is 3. The summed E-state index contributed by atoms with van der Waals surface area (Å²) in [5.41, 5.74) is 1.35. The number of amides is 1. The van der Waals surface area contributed by atoms with Crippen molar-refractivity contribution >= 4 is 28.5 Å². The van der Waals surface area contributed by atoms with Crippen LogP contribution in [0.3, 0.4) is 0 Å². The predicted octanol–water partition coefficient (Wildman–Crippen LogP) is 2.37. The van der Waals surface area contributed by atoms with E-state index in [0.29, 0.717) is 5.65 Å². The lowest BCUT2D eigenvalue weighted by Gasteiger charge is -2.18. The van der Waals surface area contributed by atoms with E-state index in [1.54, 1.807) is 16.8 Å². The Hall–Kier alpha value is -1.95. The minimum absolute atomic E-state index is 0.0241. The molecule has 0 aliphatic heterocycles. The van der Waals surface area contributed by atoms with E-state index in [2.05, 4.69) is 15.3 Å². The number of carbonyl (C=O) groups excluding carboxylic acids is 1. The van der Waals surface area contributed by atoms with Crippen LogP contribution in [0.25, 0.3) is 11.0 Å². The second-order valence-electron chi connectivity index (χ2n) is 6.86. The number of hydrogen-bond donors (Lipinski definition) is 1. The fourth-order valence-electron chi connectivity index (χ4n) is 3.59. The molecule has 2 aromatic rings. The topological polar surface area (TPSA) is 76.9 Å². The summed E-state index contributed by atoms with van der Waals surface area (Å²) in [6.07, 6.45) is 6.13. The Balaban J connectivity index is 1.65. The first-order valence-corrected chi connectivity index (χ1v) is 8.75. The van der Waals surface area contributed by atoms with Crippen molar-refractivity contribution in [3.8, 4) is 0 Å². The van der Waals surface area contributed by atoms with E-state index < -0.39 is 0 Å². The van der Waals surface area contributed by atoms with E-state index in [1.165, 1.54) is 0 Å². The molecule has 2 aliphatic rings. The fourth-order valence-corrected chi connectivity index (χ4v) is 3.72. The van der Waals surface area contributed by atoms with Gasteiger partial charge in [0.2, 0.25) is 11.2 Å². The molecule has 4 rings (SSSR count). The van der Waals surface area contributed by atoms with Gasteiger partial charge >= 0.3 is 0 Å². The summed E-state index contributed by atoms with van der Waals surface area (Å²) in [4.78, 5) is 32.9. The Bertz CT molecular complexity index is 875. The van der Waals surface area contributed by atoms with Gasteiger partial charge < -0.3 is 5.32 Å². The van der Waals surface area contributed by atoms with Crippen LogP contribution in [0.15, 0.2) is 17.1 Å². The van der Waals surface area contributed by atoms with Crippen LogP contribution in [-0.4, -0.2) is 26.5 Å². The zero-order chi connectivity index (χ0) is 16.8. The van der Waals surface area contributed by atoms with Gasteiger partial charge in [-0.2, -0.15) is 4.98 Å². The van der Waals surface area contributed by atoms with Crippen molar-refractivity contribution in [2.45, 2.75) is 51.1 Å². The smallest absolute Gasteiger partial charge is 0.252 e. The van der Waals surface area contributed by atoms with Crippen molar-refractivity contribution in [3.05, 3.63) is 33.5 Å². The zero-order valence-corrected chi connectivity index (χ0v) is 14.2. The van der Waals surface area contributed by atoms with Gasteiger partial charge in [-0.1, -0.05) is 0 Å². The first kappa shape index (κ1) is 15.6. The molecule has 126 valence electrons. The summed E-state index contributed by atoms with van der Waals surface area (Å²) in [5, 5.41) is 4.09. The molecule has 2 saturated carbocycles. The molecule has 6 nitrogen and oxygen atoms in total. The number of pyridine rings is 1. The Morgan fingerprint density at radius 3 is 2.88 bits per heavy atom. The summed E-state index contributed by atoms with van der Waals surface area (Å²) in [7, 11) is 0. The Kier molecular flexibility index (Phi) is 3.79. The van der Waals surface area contributed by atoms with Gasteiger partial charge in [0, 0.05) is 35.7 Å². The summed E-state index contributed by atoms with van der Waals surface area (Å²) >= 11 is 5.95. The first-order valence-electron chi connectivity index (χ1n) is 8.37. The van der Waals surface area contributed by atoms with Crippen molar-refractivity contribution < 1.29 is 4.79 Å². The maximum Gasteiger partial charge on any atom is 0.252 e. The standard InChI is InChI=1S/C17H19ClN4O2/c1-9-6-14(23)22(15-13(9)8-19-17(18)21-15)12-5-4-11(7-12)20-16(24)10-2-3-10/h6,8,10-12H,2-5,7H2,1H3,(H,20,24)/t11-,12+/m1/s1. The predicted molar refractivity (Wildman–Crippen MR) is 91.1 cm³/mol. The number of aryl methyl sites for hydroxylation is 1. The van der Waals surface area contributed by atoms with E-state index in [4.69, 9.17) is 11.6 Å². The van der Waals surface area contributed by atoms with Gasteiger partial charge in [0.1, 0.15) is 5.65 Å². The van der Waals surface area contributed by atoms with E-state index >= 15 is 0 Å². The number of nitrogens with one attached hydrogen (secondary N) is 1. The summed E-state index contributed by atoms with van der Waals surface area (Å²) in [5.74, 6) is 0.366. The Morgan fingerprint density at radius 1 is 1.33 bits per heavy atom. The normalized spacial score (nSPS) is 23.6. The largest absolute Gasteiger partial charge is 0.353 e. The highest BCUT2D eigenvalue weighted by Gasteiger charge is 2.34. The maximum absolute atomic E-state index is 12.6. The van der Waals surface area contributed by atoms with Crippen LogP contribution in [0.1, 0.15) is 43.7 Å². The van der Waals surface area contributed by atoms with Crippen molar-refractivity contribution in [1.82, 2.24) is 19.9 Å². The van der Waals surface area contributed by atoms with Crippen molar-refractivity contribution in [1.29, 1.82) is 0 Å². The van der Waals surface area contributed by atoms with E-state index in [9.17, 15) is 9.59 Å². The SMILES string of the molecule is Cc1cc(=O)n([C@H]2CC[C@@H](NC(=O)C3CC3)C2)c2nc(Cl)ncc12. The van der Waals surface area contributed by atoms with Crippen LogP contribution in [-0.2, 0) is 4.79 Å². The summed E-state index contributed by atoms with van der Waals surface area (Å²) in [6.45, 7) is 1.87. The highest BCUT2D eigenvalue weighted by Crippen LogP contribution is 2.33. The molecule has 0 saturated heterocycles. The third kappa shape index (κ3) is 2.79. The van der Waals surface area contributed by atoms with Crippen LogP contribution in [0, 0.1) is 12.8 Å². The second kappa shape index (κ2) is 5.84. The molecule has 2 fully saturated rings. The second-order valence-corrected chi connectivity index (χ2v) is 7.20. The molecule has 0 unspecified atom stereocenters. The van der Waals surface area contributed by atoms with Gasteiger partial charge in [-0.05, 0) is 56.2 Å². The minimum Gasteiger partial charge on any atom is -0.353 e. The molecule has 0 radical (unpaired) electrons. The fraction of sp³-hybridized carbons (Fsp3) is 0.529. The van der Waals surface area contributed by atoms with Gasteiger partial charge in [-0.25, -0.2) is 4.98 Å². The number of carbonyl (C=O) groups is 1. The average Bonchev–Trinajstić information content (AvgIpc) is 3.29. The highest BCUT2D eigenvalue weighted by molar-refractivity contribution is 6.28. The van der Waals surface area contributed by atoms with E-state index in [0.717, 1.165) is 43.1 Å². The lowest BCUT2D eigenvalue weighted by molar-refractivity contribution is -0.122. The molecule has 1 N–H and O–H groups in total. The van der Waals surface area contributed by atoms with Crippen LogP contribution in [0.4, 0.5) is 0 Å². The molecule has 2 aromatic heterocycles. The average molecular weight is 347 g/mol. The number of rotatable bonds is 3. The van der Waals surface area contributed by atoms with E-state index in [-0.39, 0.29) is 34.8 Å². The molecule has 1 amide bonds. The van der Waals surface area contributed by atoms with Crippen LogP contribution >= 0.6 is 11.6 Å². The van der Waals surface area contributed by atoms with E-state index in [1.807, 2.05) is 6.92 Å². The quantitative estimate of drug-likeness (QED) is 0.865. The van der Waals surface area contributed by atoms with Gasteiger partial charge in [0.25, 0.3) is 5.56 Å². The Labute approximate surface area is 144 Å². The minimum atomic E-state index is -0.0751. The molecule has 24 heavy (non-hydrogen) atoms. The number of halogens is 1. The van der Waals surface area contributed by atoms with Gasteiger partial charge in [-0.15, -0.1) is 0 Å². The summed E-state index contributed by atoms with van der Waals surface area (Å²) < 4.78 is 1.72. The molecule has 0 aromatic carbocycles. The third-order valence-electron chi connectivity index (χ3n) is 5.03. The van der Waals surface area contributed by atoms with Gasteiger partial charge in [-0.3, -0.25) is 14.2 Å². The lowest BCUT2D eigenvalue weighted by atomic mass is 10.1.